The molecule has 7 N–H and O–H groups in total. The van der Waals surface area contributed by atoms with Crippen molar-refractivity contribution in [1.82, 2.24) is 0 Å². The number of carbonyl (C=O) groups excluding carboxylic acids is 2. The van der Waals surface area contributed by atoms with Gasteiger partial charge in [-0.25, -0.2) is 4.79 Å². The van der Waals surface area contributed by atoms with Crippen molar-refractivity contribution in [3.05, 3.63) is 58.1 Å². The van der Waals surface area contributed by atoms with E-state index >= 15 is 0 Å². The fourth-order valence-corrected chi connectivity index (χ4v) is 3.87. The molecule has 1 aliphatic heterocycles. The summed E-state index contributed by atoms with van der Waals surface area (Å²) < 4.78 is 56.2. The standard InChI is InChI=1S/C25H26F3N3O13/c1-10(32)29-11-3-6-13(7-4-11)42-23(44-21-18(35)16(33)17(34)19(43-21)20(36)37)24(2,39)22(38)30-12-5-8-15(31(40)41)14(9-12)25(26,27)28/h3-9,16-19,21,23,33-35,39H,1-2H3,(H,29,32)(H,30,38)(H,36,37)/t16-,17-,18+,19-,21-,23?,24+/m0/s1. The van der Waals surface area contributed by atoms with Crippen molar-refractivity contribution in [2.24, 2.45) is 0 Å². The molecule has 1 unspecified atom stereocenters. The predicted molar refractivity (Wildman–Crippen MR) is 138 cm³/mol. The minimum atomic E-state index is -5.20. The average molecular weight is 633 g/mol. The predicted octanol–water partition coefficient (Wildman–Crippen LogP) is 0.575. The number of aliphatic hydroxyl groups is 4. The first-order valence-corrected chi connectivity index (χ1v) is 12.3. The summed E-state index contributed by atoms with van der Waals surface area (Å²) in [7, 11) is 0. The molecule has 0 bridgehead atoms. The number of nitro groups is 1. The number of alkyl halides is 3. The zero-order valence-electron chi connectivity index (χ0n) is 22.6. The summed E-state index contributed by atoms with van der Waals surface area (Å²) in [5.41, 5.74) is -6.32. The molecule has 2 aromatic rings. The molecular weight excluding hydrogens is 607 g/mol. The van der Waals surface area contributed by atoms with Crippen LogP contribution in [0.3, 0.4) is 0 Å². The number of nitrogens with one attached hydrogen (secondary N) is 2. The van der Waals surface area contributed by atoms with Crippen molar-refractivity contribution in [2.45, 2.75) is 62.6 Å². The molecule has 0 spiro atoms. The first-order valence-electron chi connectivity index (χ1n) is 12.3. The van der Waals surface area contributed by atoms with Gasteiger partial charge in [-0.3, -0.25) is 19.7 Å². The van der Waals surface area contributed by atoms with Crippen molar-refractivity contribution in [3.63, 3.8) is 0 Å². The minimum absolute atomic E-state index is 0.174. The van der Waals surface area contributed by atoms with E-state index in [1.54, 1.807) is 0 Å². The van der Waals surface area contributed by atoms with Crippen LogP contribution in [0.1, 0.15) is 19.4 Å². The molecule has 240 valence electrons. The van der Waals surface area contributed by atoms with E-state index in [-0.39, 0.29) is 17.5 Å². The van der Waals surface area contributed by atoms with Gasteiger partial charge in [0, 0.05) is 24.4 Å². The number of anilines is 2. The van der Waals surface area contributed by atoms with Crippen molar-refractivity contribution < 1.29 is 72.2 Å². The molecular formula is C25H26F3N3O13. The molecule has 2 aromatic carbocycles. The molecule has 2 amide bonds. The fourth-order valence-electron chi connectivity index (χ4n) is 3.87. The number of hydrogen-bond donors (Lipinski definition) is 7. The Balaban J connectivity index is 1.96. The number of halogens is 3. The quantitative estimate of drug-likeness (QED) is 0.108. The third-order valence-corrected chi connectivity index (χ3v) is 6.16. The second-order valence-electron chi connectivity index (χ2n) is 9.61. The van der Waals surface area contributed by atoms with E-state index in [0.29, 0.717) is 6.07 Å². The van der Waals surface area contributed by atoms with Gasteiger partial charge in [-0.1, -0.05) is 0 Å². The summed E-state index contributed by atoms with van der Waals surface area (Å²) in [4.78, 5) is 45.7. The van der Waals surface area contributed by atoms with Gasteiger partial charge in [-0.05, 0) is 43.3 Å². The number of benzene rings is 2. The molecule has 1 aliphatic rings. The van der Waals surface area contributed by atoms with E-state index in [2.05, 4.69) is 5.32 Å². The highest BCUT2D eigenvalue weighted by Crippen LogP contribution is 2.38. The molecule has 44 heavy (non-hydrogen) atoms. The molecule has 1 fully saturated rings. The van der Waals surface area contributed by atoms with Gasteiger partial charge in [0.05, 0.1) is 4.92 Å². The number of hydrogen-bond acceptors (Lipinski definition) is 12. The number of amides is 2. The van der Waals surface area contributed by atoms with E-state index in [0.717, 1.165) is 13.0 Å². The Morgan fingerprint density at radius 1 is 1.00 bits per heavy atom. The molecule has 19 heteroatoms. The van der Waals surface area contributed by atoms with Gasteiger partial charge in [-0.15, -0.1) is 0 Å². The van der Waals surface area contributed by atoms with Gasteiger partial charge in [0.1, 0.15) is 29.6 Å². The zero-order valence-corrected chi connectivity index (χ0v) is 22.6. The smallest absolute Gasteiger partial charge is 0.423 e. The number of carboxylic acids is 1. The van der Waals surface area contributed by atoms with E-state index in [4.69, 9.17) is 14.2 Å². The third kappa shape index (κ3) is 7.75. The van der Waals surface area contributed by atoms with Crippen LogP contribution >= 0.6 is 0 Å². The van der Waals surface area contributed by atoms with Gasteiger partial charge in [0.25, 0.3) is 11.6 Å². The number of carbonyl (C=O) groups is 3. The van der Waals surface area contributed by atoms with E-state index < -0.39 is 88.4 Å². The van der Waals surface area contributed by atoms with Crippen LogP contribution in [-0.4, -0.2) is 90.8 Å². The van der Waals surface area contributed by atoms with Crippen LogP contribution in [0.2, 0.25) is 0 Å². The van der Waals surface area contributed by atoms with Crippen LogP contribution in [0.25, 0.3) is 0 Å². The van der Waals surface area contributed by atoms with Gasteiger partial charge >= 0.3 is 12.1 Å². The maximum Gasteiger partial charge on any atom is 0.423 e. The van der Waals surface area contributed by atoms with Crippen LogP contribution in [0.4, 0.5) is 30.2 Å². The Labute approximate surface area is 244 Å². The summed E-state index contributed by atoms with van der Waals surface area (Å²) in [6.45, 7) is 1.99. The zero-order chi connectivity index (χ0) is 33.1. The number of ether oxygens (including phenoxy) is 3. The molecule has 0 radical (unpaired) electrons. The first kappa shape index (κ1) is 34.1. The van der Waals surface area contributed by atoms with E-state index in [1.165, 1.54) is 31.2 Å². The molecule has 0 saturated carbocycles. The molecule has 7 atom stereocenters. The summed E-state index contributed by atoms with van der Waals surface area (Å²) in [5, 5.41) is 66.4. The second kappa shape index (κ2) is 13.1. The van der Waals surface area contributed by atoms with E-state index in [9.17, 15) is 63.2 Å². The maximum atomic E-state index is 13.4. The lowest BCUT2D eigenvalue weighted by atomic mass is 9.98. The minimum Gasteiger partial charge on any atom is -0.479 e. The van der Waals surface area contributed by atoms with Crippen molar-refractivity contribution in [2.75, 3.05) is 10.6 Å². The van der Waals surface area contributed by atoms with Gasteiger partial charge in [0.15, 0.2) is 12.4 Å². The van der Waals surface area contributed by atoms with Crippen LogP contribution in [0.15, 0.2) is 42.5 Å². The lowest BCUT2D eigenvalue weighted by molar-refractivity contribution is -0.388. The summed E-state index contributed by atoms with van der Waals surface area (Å²) in [5.74, 6) is -3.89. The number of aliphatic carboxylic acids is 1. The van der Waals surface area contributed by atoms with Crippen molar-refractivity contribution in [1.29, 1.82) is 0 Å². The Hall–Kier alpha value is -4.40. The van der Waals surface area contributed by atoms with Gasteiger partial charge < -0.3 is 50.4 Å². The summed E-state index contributed by atoms with van der Waals surface area (Å²) in [6.07, 6.45) is -18.3. The number of rotatable bonds is 10. The SMILES string of the molecule is CC(=O)Nc1ccc(OC(O[C@@H]2O[C@H](C(=O)O)[C@@H](O)[C@H](O)[C@H]2O)[C@](C)(O)C(=O)Nc2ccc([N+](=O)[O-])c(C(F)(F)F)c2)cc1. The highest BCUT2D eigenvalue weighted by Gasteiger charge is 2.52. The average Bonchev–Trinajstić information content (AvgIpc) is 2.92. The van der Waals surface area contributed by atoms with E-state index in [1.807, 2.05) is 5.32 Å². The first-order chi connectivity index (χ1) is 20.3. The van der Waals surface area contributed by atoms with Crippen LogP contribution in [-0.2, 0) is 30.0 Å². The molecule has 3 rings (SSSR count). The highest BCUT2D eigenvalue weighted by molar-refractivity contribution is 5.97. The monoisotopic (exact) mass is 633 g/mol. The van der Waals surface area contributed by atoms with Crippen molar-refractivity contribution in [3.8, 4) is 5.75 Å². The fraction of sp³-hybridized carbons (Fsp3) is 0.400. The Morgan fingerprint density at radius 3 is 2.11 bits per heavy atom. The summed E-state index contributed by atoms with van der Waals surface area (Å²) in [6, 6.07) is 6.56. The second-order valence-corrected chi connectivity index (χ2v) is 9.61. The lowest BCUT2D eigenvalue weighted by Gasteiger charge is -2.41. The van der Waals surface area contributed by atoms with Crippen LogP contribution in [0.5, 0.6) is 5.75 Å². The third-order valence-electron chi connectivity index (χ3n) is 6.16. The molecule has 0 aliphatic carbocycles. The largest absolute Gasteiger partial charge is 0.479 e. The highest BCUT2D eigenvalue weighted by atomic mass is 19.4. The van der Waals surface area contributed by atoms with Crippen molar-refractivity contribution >= 4 is 34.8 Å². The molecule has 16 nitrogen and oxygen atoms in total. The normalized spacial score (nSPS) is 24.0. The Kier molecular flexibility index (Phi) is 10.1. The van der Waals surface area contributed by atoms with Crippen LogP contribution in [0, 0.1) is 10.1 Å². The Morgan fingerprint density at radius 2 is 1.59 bits per heavy atom. The summed E-state index contributed by atoms with van der Waals surface area (Å²) >= 11 is 0. The molecule has 0 aromatic heterocycles. The number of carboxylic acid groups (broad SMARTS) is 1. The molecule has 1 saturated heterocycles. The number of aliphatic hydroxyl groups excluding tert-OH is 3. The number of nitro benzene ring substituents is 1. The van der Waals surface area contributed by atoms with Crippen LogP contribution < -0.4 is 15.4 Å². The Bertz CT molecular complexity index is 1400. The number of nitrogens with zero attached hydrogens (tertiary/aromatic N) is 1. The van der Waals surface area contributed by atoms with Gasteiger partial charge in [0.2, 0.25) is 17.8 Å². The van der Waals surface area contributed by atoms with Gasteiger partial charge in [-0.2, -0.15) is 13.2 Å². The maximum absolute atomic E-state index is 13.4. The lowest BCUT2D eigenvalue weighted by Crippen LogP contribution is -2.63. The molecule has 1 heterocycles. The topological polar surface area (TPSA) is 247 Å².